The Balaban J connectivity index is 0.00000192. The molecule has 0 unspecified atom stereocenters. The van der Waals surface area contributed by atoms with E-state index in [2.05, 4.69) is 45.7 Å². The molecule has 1 aliphatic heterocycles. The van der Waals surface area contributed by atoms with Crippen LogP contribution in [-0.2, 0) is 0 Å². The van der Waals surface area contributed by atoms with Gasteiger partial charge in [-0.2, -0.15) is 11.8 Å². The maximum Gasteiger partial charge on any atom is 0.193 e. The number of thioether (sulfide) groups is 1. The van der Waals surface area contributed by atoms with E-state index in [1.165, 1.54) is 44.5 Å². The molecule has 1 saturated heterocycles. The summed E-state index contributed by atoms with van der Waals surface area (Å²) in [7, 11) is 1.92. The van der Waals surface area contributed by atoms with Gasteiger partial charge in [-0.1, -0.05) is 0 Å². The number of halogens is 1. The van der Waals surface area contributed by atoms with Gasteiger partial charge < -0.3 is 10.2 Å². The van der Waals surface area contributed by atoms with E-state index < -0.39 is 0 Å². The lowest BCUT2D eigenvalue weighted by molar-refractivity contribution is 0.255. The first kappa shape index (κ1) is 19.6. The number of hydrogen-bond acceptors (Lipinski definition) is 3. The van der Waals surface area contributed by atoms with E-state index in [-0.39, 0.29) is 24.0 Å². The molecule has 0 aromatic carbocycles. The van der Waals surface area contributed by atoms with Crippen LogP contribution in [0.5, 0.6) is 0 Å². The number of nitrogens with zero attached hydrogens (tertiary/aromatic N) is 3. The molecule has 0 aromatic heterocycles. The molecular formula is C17H33IN4S. The molecule has 2 aliphatic carbocycles. The molecule has 3 fully saturated rings. The predicted molar refractivity (Wildman–Crippen MR) is 112 cm³/mol. The molecule has 1 N–H and O–H groups in total. The molecule has 134 valence electrons. The van der Waals surface area contributed by atoms with Gasteiger partial charge in [-0.25, -0.2) is 0 Å². The summed E-state index contributed by atoms with van der Waals surface area (Å²) in [5.74, 6) is 3.29. The zero-order chi connectivity index (χ0) is 15.6. The van der Waals surface area contributed by atoms with Crippen LogP contribution in [0.4, 0.5) is 0 Å². The van der Waals surface area contributed by atoms with Gasteiger partial charge in [-0.15, -0.1) is 24.0 Å². The van der Waals surface area contributed by atoms with E-state index in [0.717, 1.165) is 37.6 Å². The highest BCUT2D eigenvalue weighted by Crippen LogP contribution is 2.34. The highest BCUT2D eigenvalue weighted by Gasteiger charge is 2.33. The van der Waals surface area contributed by atoms with Crippen LogP contribution in [0.25, 0.3) is 0 Å². The fraction of sp³-hybridized carbons (Fsp3) is 0.941. The SMILES string of the molecule is CN=C(NCCN(CC1CC1)C1CC1)N1CCSC(C)(C)C1.I. The molecule has 0 spiro atoms. The van der Waals surface area contributed by atoms with Crippen LogP contribution < -0.4 is 5.32 Å². The van der Waals surface area contributed by atoms with Gasteiger partial charge in [0.05, 0.1) is 0 Å². The summed E-state index contributed by atoms with van der Waals surface area (Å²) in [5.41, 5.74) is 0. The molecule has 23 heavy (non-hydrogen) atoms. The van der Waals surface area contributed by atoms with E-state index in [0.29, 0.717) is 4.75 Å². The second-order valence-electron chi connectivity index (χ2n) is 7.67. The van der Waals surface area contributed by atoms with E-state index in [9.17, 15) is 0 Å². The quantitative estimate of drug-likeness (QED) is 0.382. The second-order valence-corrected chi connectivity index (χ2v) is 9.48. The third kappa shape index (κ3) is 6.27. The van der Waals surface area contributed by atoms with Crippen molar-refractivity contribution in [3.05, 3.63) is 0 Å². The number of aliphatic imine (C=N–C) groups is 1. The minimum atomic E-state index is 0. The summed E-state index contributed by atoms with van der Waals surface area (Å²) < 4.78 is 0.335. The Morgan fingerprint density at radius 3 is 2.61 bits per heavy atom. The Bertz CT molecular complexity index is 407. The van der Waals surface area contributed by atoms with Gasteiger partial charge in [0.2, 0.25) is 0 Å². The van der Waals surface area contributed by atoms with Gasteiger partial charge >= 0.3 is 0 Å². The molecule has 3 aliphatic rings. The van der Waals surface area contributed by atoms with Crippen LogP contribution >= 0.6 is 35.7 Å². The maximum absolute atomic E-state index is 4.51. The second kappa shape index (κ2) is 8.61. The van der Waals surface area contributed by atoms with Crippen molar-refractivity contribution in [2.75, 3.05) is 45.5 Å². The third-order valence-corrected chi connectivity index (χ3v) is 6.17. The Morgan fingerprint density at radius 1 is 1.30 bits per heavy atom. The van der Waals surface area contributed by atoms with Gasteiger partial charge in [0.1, 0.15) is 0 Å². The third-order valence-electron chi connectivity index (χ3n) is 4.87. The standard InChI is InChI=1S/C17H32N4S.HI/c1-17(2)13-21(10-11-22-17)16(18-3)19-8-9-20(15-6-7-15)12-14-4-5-14;/h14-15H,4-13H2,1-3H3,(H,18,19);1H. The van der Waals surface area contributed by atoms with E-state index in [4.69, 9.17) is 0 Å². The Kier molecular flexibility index (Phi) is 7.35. The summed E-state index contributed by atoms with van der Waals surface area (Å²) in [6.07, 6.45) is 5.75. The maximum atomic E-state index is 4.51. The monoisotopic (exact) mass is 452 g/mol. The van der Waals surface area contributed by atoms with Crippen molar-refractivity contribution >= 4 is 41.7 Å². The molecule has 1 heterocycles. The van der Waals surface area contributed by atoms with Crippen molar-refractivity contribution in [1.29, 1.82) is 0 Å². The van der Waals surface area contributed by atoms with Crippen molar-refractivity contribution in [2.24, 2.45) is 10.9 Å². The van der Waals surface area contributed by atoms with Crippen molar-refractivity contribution in [1.82, 2.24) is 15.1 Å². The van der Waals surface area contributed by atoms with Gasteiger partial charge in [0.15, 0.2) is 5.96 Å². The first-order valence-corrected chi connectivity index (χ1v) is 9.89. The summed E-state index contributed by atoms with van der Waals surface area (Å²) in [4.78, 5) is 9.66. The predicted octanol–water partition coefficient (Wildman–Crippen LogP) is 2.88. The molecule has 0 bridgehead atoms. The largest absolute Gasteiger partial charge is 0.355 e. The lowest BCUT2D eigenvalue weighted by atomic mass is 10.2. The number of hydrogen-bond donors (Lipinski definition) is 1. The van der Waals surface area contributed by atoms with Gasteiger partial charge in [-0.3, -0.25) is 9.89 Å². The van der Waals surface area contributed by atoms with Crippen LogP contribution in [0.1, 0.15) is 39.5 Å². The summed E-state index contributed by atoms with van der Waals surface area (Å²) in [6.45, 7) is 10.4. The zero-order valence-corrected chi connectivity index (χ0v) is 18.0. The Labute approximate surface area is 163 Å². The molecule has 0 atom stereocenters. The first-order valence-electron chi connectivity index (χ1n) is 8.91. The van der Waals surface area contributed by atoms with Crippen molar-refractivity contribution in [2.45, 2.75) is 50.3 Å². The van der Waals surface area contributed by atoms with Gasteiger partial charge in [-0.05, 0) is 45.4 Å². The molecule has 0 aromatic rings. The zero-order valence-electron chi connectivity index (χ0n) is 14.9. The summed E-state index contributed by atoms with van der Waals surface area (Å²) in [6, 6.07) is 0.884. The highest BCUT2D eigenvalue weighted by atomic mass is 127. The van der Waals surface area contributed by atoms with Crippen LogP contribution in [0.3, 0.4) is 0 Å². The van der Waals surface area contributed by atoms with E-state index >= 15 is 0 Å². The van der Waals surface area contributed by atoms with Gasteiger partial charge in [0.25, 0.3) is 0 Å². The van der Waals surface area contributed by atoms with E-state index in [1.54, 1.807) is 0 Å². The van der Waals surface area contributed by atoms with Crippen molar-refractivity contribution < 1.29 is 0 Å². The normalized spacial score (nSPS) is 24.5. The van der Waals surface area contributed by atoms with Crippen LogP contribution in [0.2, 0.25) is 0 Å². The lowest BCUT2D eigenvalue weighted by Gasteiger charge is -2.39. The molecular weight excluding hydrogens is 419 g/mol. The average molecular weight is 452 g/mol. The number of guanidine groups is 1. The topological polar surface area (TPSA) is 30.9 Å². The van der Waals surface area contributed by atoms with Gasteiger partial charge in [0, 0.05) is 56.3 Å². The first-order chi connectivity index (χ1) is 10.6. The van der Waals surface area contributed by atoms with E-state index in [1.807, 2.05) is 7.05 Å². The number of nitrogens with one attached hydrogen (secondary N) is 1. The summed E-state index contributed by atoms with van der Waals surface area (Å²) in [5, 5.41) is 3.61. The van der Waals surface area contributed by atoms with Crippen molar-refractivity contribution in [3.63, 3.8) is 0 Å². The van der Waals surface area contributed by atoms with Crippen LogP contribution in [0.15, 0.2) is 4.99 Å². The molecule has 3 rings (SSSR count). The molecule has 4 nitrogen and oxygen atoms in total. The average Bonchev–Trinajstić information content (AvgIpc) is 3.35. The Hall–Kier alpha value is 0.310. The minimum absolute atomic E-state index is 0. The summed E-state index contributed by atoms with van der Waals surface area (Å²) >= 11 is 2.07. The smallest absolute Gasteiger partial charge is 0.193 e. The molecule has 6 heteroatoms. The van der Waals surface area contributed by atoms with Crippen LogP contribution in [-0.4, -0.2) is 72.1 Å². The fourth-order valence-corrected chi connectivity index (χ4v) is 4.45. The Morgan fingerprint density at radius 2 is 2.04 bits per heavy atom. The fourth-order valence-electron chi connectivity index (χ4n) is 3.34. The van der Waals surface area contributed by atoms with Crippen LogP contribution in [0, 0.1) is 5.92 Å². The molecule has 2 saturated carbocycles. The van der Waals surface area contributed by atoms with Crippen molar-refractivity contribution in [3.8, 4) is 0 Å². The molecule has 0 amide bonds. The molecule has 0 radical (unpaired) electrons. The highest BCUT2D eigenvalue weighted by molar-refractivity contribution is 14.0. The lowest BCUT2D eigenvalue weighted by Crippen LogP contribution is -2.52. The minimum Gasteiger partial charge on any atom is -0.355 e. The number of rotatable bonds is 6.